The standard InChI is InChI=1S/C53H40N4/c1-33-50(42-27-15-22-34-16-7-9-23-39(34)42)54-52(35-17-3-2-4-18-35)55-53(33)57-46-29-14-12-26-43(46)49-48(57)32-38-21-8-10-24-40(38)51(49)56-45-28-13-11-25-41(45)44-30-36-19-5-6-20-37(36)31-47(44)56/h2-13,15-28,30-32,49,51-52,54H,14,29H2,1H3. The number of para-hydroxylation sites is 1. The van der Waals surface area contributed by atoms with Gasteiger partial charge in [-0.3, -0.25) is 0 Å². The average molecular weight is 733 g/mol. The van der Waals surface area contributed by atoms with Gasteiger partial charge in [0.25, 0.3) is 0 Å². The number of nitrogens with one attached hydrogen (secondary N) is 1. The number of benzene rings is 7. The number of hydrogen-bond donors (Lipinski definition) is 1. The maximum Gasteiger partial charge on any atom is 0.147 e. The van der Waals surface area contributed by atoms with Crippen molar-refractivity contribution in [1.29, 1.82) is 0 Å². The van der Waals surface area contributed by atoms with Crippen LogP contribution in [0.3, 0.4) is 0 Å². The van der Waals surface area contributed by atoms with E-state index >= 15 is 0 Å². The molecule has 2 aliphatic carbocycles. The van der Waals surface area contributed by atoms with Gasteiger partial charge in [-0.2, -0.15) is 0 Å². The molecule has 3 heterocycles. The van der Waals surface area contributed by atoms with Gasteiger partial charge < -0.3 is 14.8 Å². The van der Waals surface area contributed by atoms with Crippen LogP contribution in [0.4, 0.5) is 0 Å². The number of nitrogens with zero attached hydrogens (tertiary/aromatic N) is 3. The lowest BCUT2D eigenvalue weighted by Crippen LogP contribution is -2.37. The van der Waals surface area contributed by atoms with E-state index in [9.17, 15) is 0 Å². The number of hydrogen-bond acceptors (Lipinski definition) is 3. The molecule has 8 aromatic rings. The number of aliphatic imine (C=N–C) groups is 1. The molecule has 0 radical (unpaired) electrons. The fourth-order valence-electron chi connectivity index (χ4n) is 10.3. The molecular weight excluding hydrogens is 693 g/mol. The van der Waals surface area contributed by atoms with Crippen molar-refractivity contribution < 1.29 is 0 Å². The first-order valence-electron chi connectivity index (χ1n) is 20.2. The summed E-state index contributed by atoms with van der Waals surface area (Å²) < 4.78 is 2.67. The lowest BCUT2D eigenvalue weighted by atomic mass is 9.78. The molecule has 7 aromatic carbocycles. The number of allylic oxidation sites excluding steroid dienone is 4. The largest absolute Gasteiger partial charge is 0.359 e. The van der Waals surface area contributed by atoms with Crippen LogP contribution in [0, 0.1) is 5.92 Å². The van der Waals surface area contributed by atoms with Crippen LogP contribution in [0.25, 0.3) is 55.1 Å². The summed E-state index contributed by atoms with van der Waals surface area (Å²) >= 11 is 0. The van der Waals surface area contributed by atoms with Gasteiger partial charge in [-0.15, -0.1) is 0 Å². The van der Waals surface area contributed by atoms with Gasteiger partial charge in [-0.1, -0.05) is 152 Å². The molecule has 0 saturated heterocycles. The van der Waals surface area contributed by atoms with Crippen molar-refractivity contribution in [3.8, 4) is 0 Å². The van der Waals surface area contributed by atoms with E-state index in [-0.39, 0.29) is 18.1 Å². The zero-order valence-electron chi connectivity index (χ0n) is 31.7. The molecule has 4 aliphatic rings. The van der Waals surface area contributed by atoms with E-state index in [4.69, 9.17) is 4.99 Å². The Morgan fingerprint density at radius 1 is 0.649 bits per heavy atom. The molecule has 4 nitrogen and oxygen atoms in total. The van der Waals surface area contributed by atoms with E-state index in [2.05, 4.69) is 198 Å². The Morgan fingerprint density at radius 3 is 2.25 bits per heavy atom. The molecule has 2 aliphatic heterocycles. The lowest BCUT2D eigenvalue weighted by Gasteiger charge is -2.38. The topological polar surface area (TPSA) is 32.6 Å². The van der Waals surface area contributed by atoms with Crippen molar-refractivity contribution in [3.63, 3.8) is 0 Å². The summed E-state index contributed by atoms with van der Waals surface area (Å²) in [6.45, 7) is 2.27. The summed E-state index contributed by atoms with van der Waals surface area (Å²) in [5.41, 5.74) is 13.8. The number of amidine groups is 1. The predicted molar refractivity (Wildman–Crippen MR) is 237 cm³/mol. The molecule has 12 rings (SSSR count). The first-order chi connectivity index (χ1) is 28.2. The lowest BCUT2D eigenvalue weighted by molar-refractivity contribution is 0.467. The molecule has 0 saturated carbocycles. The van der Waals surface area contributed by atoms with Crippen LogP contribution in [0.5, 0.6) is 0 Å². The summed E-state index contributed by atoms with van der Waals surface area (Å²) in [5.74, 6) is 1.10. The van der Waals surface area contributed by atoms with Crippen LogP contribution >= 0.6 is 0 Å². The van der Waals surface area contributed by atoms with Gasteiger partial charge in [-0.05, 0) is 87.8 Å². The maximum absolute atomic E-state index is 5.70. The Morgan fingerprint density at radius 2 is 1.37 bits per heavy atom. The smallest absolute Gasteiger partial charge is 0.147 e. The number of fused-ring (bicyclic) bond motifs is 8. The monoisotopic (exact) mass is 732 g/mol. The van der Waals surface area contributed by atoms with Crippen LogP contribution in [0.15, 0.2) is 197 Å². The Hall–Kier alpha value is -6.91. The Labute approximate surface area is 332 Å². The molecule has 0 fully saturated rings. The minimum Gasteiger partial charge on any atom is -0.359 e. The molecule has 4 heteroatoms. The van der Waals surface area contributed by atoms with E-state index < -0.39 is 0 Å². The Bertz CT molecular complexity index is 3130. The number of rotatable bonds is 3. The normalized spacial score (nSPS) is 20.2. The molecule has 57 heavy (non-hydrogen) atoms. The van der Waals surface area contributed by atoms with Crippen molar-refractivity contribution in [2.24, 2.45) is 10.9 Å². The summed E-state index contributed by atoms with van der Waals surface area (Å²) in [6, 6.07) is 57.8. The molecule has 3 atom stereocenters. The highest BCUT2D eigenvalue weighted by atomic mass is 15.3. The average Bonchev–Trinajstić information content (AvgIpc) is 3.77. The van der Waals surface area contributed by atoms with Crippen LogP contribution in [0.2, 0.25) is 0 Å². The maximum atomic E-state index is 5.70. The quantitative estimate of drug-likeness (QED) is 0.196. The highest BCUT2D eigenvalue weighted by Crippen LogP contribution is 2.55. The molecule has 3 unspecified atom stereocenters. The van der Waals surface area contributed by atoms with Gasteiger partial charge in [-0.25, -0.2) is 4.99 Å². The molecule has 272 valence electrons. The van der Waals surface area contributed by atoms with E-state index in [1.165, 1.54) is 77.0 Å². The first kappa shape index (κ1) is 32.3. The second kappa shape index (κ2) is 12.6. The molecule has 0 spiro atoms. The molecule has 1 N–H and O–H groups in total. The van der Waals surface area contributed by atoms with E-state index in [1.54, 1.807) is 0 Å². The van der Waals surface area contributed by atoms with E-state index in [0.717, 1.165) is 35.5 Å². The summed E-state index contributed by atoms with van der Waals surface area (Å²) in [5, 5.41) is 11.5. The number of aromatic nitrogens is 1. The molecule has 0 bridgehead atoms. The van der Waals surface area contributed by atoms with Crippen molar-refractivity contribution in [2.75, 3.05) is 0 Å². The van der Waals surface area contributed by atoms with Crippen molar-refractivity contribution in [2.45, 2.75) is 32.0 Å². The summed E-state index contributed by atoms with van der Waals surface area (Å²) in [6.07, 6.45) is 9.00. The Kier molecular flexibility index (Phi) is 7.12. The van der Waals surface area contributed by atoms with Gasteiger partial charge in [0.05, 0.1) is 23.2 Å². The van der Waals surface area contributed by atoms with Crippen LogP contribution in [0.1, 0.15) is 54.2 Å². The van der Waals surface area contributed by atoms with Gasteiger partial charge in [0.1, 0.15) is 12.0 Å². The third-order valence-electron chi connectivity index (χ3n) is 12.8. The molecule has 1 aromatic heterocycles. The highest BCUT2D eigenvalue weighted by Gasteiger charge is 2.47. The second-order valence-electron chi connectivity index (χ2n) is 15.8. The fraction of sp³-hybridized carbons (Fsp3) is 0.113. The SMILES string of the molecule is CC1=C(c2cccc3ccccc23)NC(c2ccccc2)N=C1N1C2=Cc3ccccc3C(n3c4ccccc4c4cc5ccccc5cc43)C2C2=C1CCC=C2. The van der Waals surface area contributed by atoms with Gasteiger partial charge in [0.15, 0.2) is 0 Å². The molecule has 0 amide bonds. The van der Waals surface area contributed by atoms with Gasteiger partial charge in [0, 0.05) is 38.8 Å². The van der Waals surface area contributed by atoms with Crippen LogP contribution in [-0.2, 0) is 0 Å². The van der Waals surface area contributed by atoms with Gasteiger partial charge >= 0.3 is 0 Å². The van der Waals surface area contributed by atoms with Crippen LogP contribution in [-0.4, -0.2) is 15.3 Å². The summed E-state index contributed by atoms with van der Waals surface area (Å²) in [7, 11) is 0. The predicted octanol–water partition coefficient (Wildman–Crippen LogP) is 12.7. The minimum atomic E-state index is -0.251. The fourth-order valence-corrected chi connectivity index (χ4v) is 10.3. The third kappa shape index (κ3) is 4.83. The summed E-state index contributed by atoms with van der Waals surface area (Å²) in [4.78, 5) is 8.27. The minimum absolute atomic E-state index is 0.0246. The first-order valence-corrected chi connectivity index (χ1v) is 20.2. The highest BCUT2D eigenvalue weighted by molar-refractivity contribution is 6.13. The van der Waals surface area contributed by atoms with Gasteiger partial charge in [0.2, 0.25) is 0 Å². The second-order valence-corrected chi connectivity index (χ2v) is 15.8. The molecular formula is C53H40N4. The van der Waals surface area contributed by atoms with Crippen LogP contribution < -0.4 is 5.32 Å². The van der Waals surface area contributed by atoms with E-state index in [0.29, 0.717) is 0 Å². The zero-order valence-corrected chi connectivity index (χ0v) is 31.7. The third-order valence-corrected chi connectivity index (χ3v) is 12.8. The van der Waals surface area contributed by atoms with Crippen molar-refractivity contribution in [1.82, 2.24) is 14.8 Å². The van der Waals surface area contributed by atoms with Crippen molar-refractivity contribution >= 4 is 61.0 Å². The Balaban J connectivity index is 1.12. The van der Waals surface area contributed by atoms with Crippen molar-refractivity contribution in [3.05, 3.63) is 215 Å². The zero-order chi connectivity index (χ0) is 37.6. The van der Waals surface area contributed by atoms with E-state index in [1.807, 2.05) is 0 Å².